The Morgan fingerprint density at radius 2 is 2.07 bits per heavy atom. The van der Waals surface area contributed by atoms with Crippen LogP contribution >= 0.6 is 0 Å². The molecule has 0 bridgehead atoms. The number of nitrogens with one attached hydrogen (secondary N) is 2. The molecule has 5 N–H and O–H groups in total. The number of benzene rings is 1. The van der Waals surface area contributed by atoms with Crippen LogP contribution in [0.3, 0.4) is 0 Å². The Kier molecular flexibility index (Phi) is 7.15. The molecular weight excluding hydrogens is 400 g/mol. The van der Waals surface area contributed by atoms with Crippen molar-refractivity contribution in [3.63, 3.8) is 0 Å². The molecule has 1 saturated carbocycles. The average molecular weight is 429 g/mol. The van der Waals surface area contributed by atoms with Crippen molar-refractivity contribution in [3.8, 4) is 6.07 Å². The van der Waals surface area contributed by atoms with Crippen LogP contribution in [0.15, 0.2) is 35.4 Å². The zero-order valence-corrected chi connectivity index (χ0v) is 18.1. The van der Waals surface area contributed by atoms with Gasteiger partial charge in [0.25, 0.3) is 0 Å². The van der Waals surface area contributed by atoms with Gasteiger partial charge in [0.15, 0.2) is 4.90 Å². The SMILES string of the molecule is CC1(C)C[C@H](Nc2nc(NCCc3ccc([S+](N)[O-])cc3)ncc2C#N)CC[C@@H]1O. The van der Waals surface area contributed by atoms with Crippen LogP contribution < -0.4 is 15.8 Å². The van der Waals surface area contributed by atoms with Gasteiger partial charge in [0.1, 0.15) is 17.5 Å². The molecule has 1 heterocycles. The van der Waals surface area contributed by atoms with Crippen molar-refractivity contribution in [2.75, 3.05) is 17.2 Å². The van der Waals surface area contributed by atoms with E-state index < -0.39 is 11.4 Å². The van der Waals surface area contributed by atoms with Crippen LogP contribution in [-0.4, -0.2) is 38.3 Å². The Bertz CT molecular complexity index is 897. The summed E-state index contributed by atoms with van der Waals surface area (Å²) in [6, 6.07) is 9.59. The minimum Gasteiger partial charge on any atom is -0.593 e. The summed E-state index contributed by atoms with van der Waals surface area (Å²) in [4.78, 5) is 9.32. The van der Waals surface area contributed by atoms with E-state index in [1.54, 1.807) is 12.1 Å². The van der Waals surface area contributed by atoms with Gasteiger partial charge in [-0.1, -0.05) is 26.0 Å². The van der Waals surface area contributed by atoms with Crippen molar-refractivity contribution in [3.05, 3.63) is 41.6 Å². The minimum atomic E-state index is -1.47. The lowest BCUT2D eigenvalue weighted by Crippen LogP contribution is -2.41. The van der Waals surface area contributed by atoms with Gasteiger partial charge in [-0.05, 0) is 48.8 Å². The summed E-state index contributed by atoms with van der Waals surface area (Å²) in [6.45, 7) is 4.72. The predicted octanol–water partition coefficient (Wildman–Crippen LogP) is 2.34. The highest BCUT2D eigenvalue weighted by molar-refractivity contribution is 7.89. The van der Waals surface area contributed by atoms with Gasteiger partial charge in [0.2, 0.25) is 5.95 Å². The average Bonchev–Trinajstić information content (AvgIpc) is 2.71. The first-order valence-corrected chi connectivity index (χ1v) is 11.2. The highest BCUT2D eigenvalue weighted by Gasteiger charge is 2.35. The van der Waals surface area contributed by atoms with Crippen molar-refractivity contribution in [1.29, 1.82) is 5.26 Å². The largest absolute Gasteiger partial charge is 0.593 e. The number of aliphatic hydroxyl groups is 1. The third kappa shape index (κ3) is 5.61. The second-order valence-electron chi connectivity index (χ2n) is 8.31. The fraction of sp³-hybridized carbons (Fsp3) is 0.476. The summed E-state index contributed by atoms with van der Waals surface area (Å²) in [7, 11) is 0. The van der Waals surface area contributed by atoms with Gasteiger partial charge in [-0.3, -0.25) is 0 Å². The lowest BCUT2D eigenvalue weighted by Gasteiger charge is -2.40. The van der Waals surface area contributed by atoms with Crippen LogP contribution in [0.4, 0.5) is 11.8 Å². The topological polar surface area (TPSA) is 143 Å². The highest BCUT2D eigenvalue weighted by atomic mass is 32.2. The monoisotopic (exact) mass is 428 g/mol. The highest BCUT2D eigenvalue weighted by Crippen LogP contribution is 2.36. The third-order valence-corrected chi connectivity index (χ3v) is 6.30. The molecule has 1 aliphatic rings. The molecule has 0 radical (unpaired) electrons. The summed E-state index contributed by atoms with van der Waals surface area (Å²) in [5.41, 5.74) is 1.30. The van der Waals surface area contributed by atoms with Gasteiger partial charge in [0.05, 0.1) is 23.7 Å². The molecule has 1 aromatic heterocycles. The Hall–Kier alpha value is -2.38. The second-order valence-corrected chi connectivity index (χ2v) is 9.38. The van der Waals surface area contributed by atoms with E-state index in [4.69, 9.17) is 5.14 Å². The molecule has 9 heteroatoms. The van der Waals surface area contributed by atoms with Crippen LogP contribution in [-0.2, 0) is 17.8 Å². The van der Waals surface area contributed by atoms with Crippen molar-refractivity contribution in [1.82, 2.24) is 9.97 Å². The maximum absolute atomic E-state index is 11.3. The van der Waals surface area contributed by atoms with Gasteiger partial charge in [-0.25, -0.2) is 4.98 Å². The molecule has 0 aliphatic heterocycles. The van der Waals surface area contributed by atoms with Crippen LogP contribution in [0.5, 0.6) is 0 Å². The number of hydrogen-bond donors (Lipinski definition) is 4. The van der Waals surface area contributed by atoms with Gasteiger partial charge < -0.3 is 20.3 Å². The normalized spacial score (nSPS) is 21.5. The van der Waals surface area contributed by atoms with Crippen LogP contribution in [0.25, 0.3) is 0 Å². The number of aliphatic hydroxyl groups excluding tert-OH is 1. The van der Waals surface area contributed by atoms with Crippen LogP contribution in [0.2, 0.25) is 0 Å². The first-order valence-electron chi connectivity index (χ1n) is 9.99. The Labute approximate surface area is 180 Å². The third-order valence-electron chi connectivity index (χ3n) is 5.57. The molecular formula is C21H28N6O2S. The second kappa shape index (κ2) is 9.62. The minimum absolute atomic E-state index is 0.143. The lowest BCUT2D eigenvalue weighted by atomic mass is 9.73. The summed E-state index contributed by atoms with van der Waals surface area (Å²) in [5, 5.41) is 31.5. The molecule has 3 atom stereocenters. The van der Waals surface area contributed by atoms with E-state index in [0.29, 0.717) is 28.8 Å². The fourth-order valence-corrected chi connectivity index (χ4v) is 4.11. The first kappa shape index (κ1) is 22.3. The molecule has 1 unspecified atom stereocenters. The van der Waals surface area contributed by atoms with E-state index in [1.165, 1.54) is 6.20 Å². The van der Waals surface area contributed by atoms with Crippen molar-refractivity contribution < 1.29 is 9.66 Å². The van der Waals surface area contributed by atoms with Gasteiger partial charge >= 0.3 is 0 Å². The number of nitrogens with zero attached hydrogens (tertiary/aromatic N) is 3. The maximum Gasteiger partial charge on any atom is 0.224 e. The molecule has 1 fully saturated rings. The van der Waals surface area contributed by atoms with E-state index in [0.717, 1.165) is 31.2 Å². The fourth-order valence-electron chi connectivity index (χ4n) is 3.71. The zero-order chi connectivity index (χ0) is 21.7. The van der Waals surface area contributed by atoms with Gasteiger partial charge in [-0.2, -0.15) is 10.2 Å². The van der Waals surface area contributed by atoms with E-state index in [1.807, 2.05) is 12.1 Å². The number of rotatable bonds is 7. The maximum atomic E-state index is 11.3. The number of nitriles is 1. The van der Waals surface area contributed by atoms with E-state index >= 15 is 0 Å². The van der Waals surface area contributed by atoms with Crippen LogP contribution in [0.1, 0.15) is 44.2 Å². The standard InChI is InChI=1S/C21H28N6O2S/c1-21(2)11-16(5-8-18(21)28)26-19-15(12-22)13-25-20(27-19)24-10-9-14-3-6-17(7-4-14)30(23)29/h3-4,6-7,13,16,18,28H,5,8-11,23H2,1-2H3,(H2,24,25,26,27)/t16-,18+,30?/m1/s1. The molecule has 3 rings (SSSR count). The molecule has 0 saturated heterocycles. The van der Waals surface area contributed by atoms with E-state index in [9.17, 15) is 14.9 Å². The lowest BCUT2D eigenvalue weighted by molar-refractivity contribution is 0.00926. The number of nitrogens with two attached hydrogens (primary N) is 1. The number of aromatic nitrogens is 2. The molecule has 30 heavy (non-hydrogen) atoms. The first-order chi connectivity index (χ1) is 14.3. The van der Waals surface area contributed by atoms with E-state index in [-0.39, 0.29) is 17.6 Å². The smallest absolute Gasteiger partial charge is 0.224 e. The Morgan fingerprint density at radius 3 is 2.70 bits per heavy atom. The summed E-state index contributed by atoms with van der Waals surface area (Å²) in [6.07, 6.45) is 4.29. The van der Waals surface area contributed by atoms with Crippen molar-refractivity contribution in [2.24, 2.45) is 10.6 Å². The van der Waals surface area contributed by atoms with Crippen molar-refractivity contribution in [2.45, 2.75) is 56.6 Å². The van der Waals surface area contributed by atoms with Gasteiger partial charge in [0, 0.05) is 12.6 Å². The Morgan fingerprint density at radius 1 is 1.33 bits per heavy atom. The predicted molar refractivity (Wildman–Crippen MR) is 117 cm³/mol. The molecule has 1 aromatic carbocycles. The summed E-state index contributed by atoms with van der Waals surface area (Å²) in [5.74, 6) is 0.966. The van der Waals surface area contributed by atoms with Crippen molar-refractivity contribution >= 4 is 23.1 Å². The van der Waals surface area contributed by atoms with Gasteiger partial charge in [-0.15, -0.1) is 5.14 Å². The molecule has 1 aliphatic carbocycles. The Balaban J connectivity index is 1.61. The number of anilines is 2. The summed E-state index contributed by atoms with van der Waals surface area (Å²) < 4.78 is 11.3. The molecule has 160 valence electrons. The number of hydrogen-bond acceptors (Lipinski definition) is 8. The zero-order valence-electron chi connectivity index (χ0n) is 17.3. The molecule has 0 amide bonds. The quantitative estimate of drug-likeness (QED) is 0.492. The molecule has 2 aromatic rings. The van der Waals surface area contributed by atoms with Crippen LogP contribution in [0, 0.1) is 16.7 Å². The molecule has 8 nitrogen and oxygen atoms in total. The summed E-state index contributed by atoms with van der Waals surface area (Å²) >= 11 is -1.47. The van der Waals surface area contributed by atoms with E-state index in [2.05, 4.69) is 40.5 Å². The molecule has 0 spiro atoms.